The molecule has 0 unspecified atom stereocenters. The molecule has 20 heavy (non-hydrogen) atoms. The topological polar surface area (TPSA) is 67.0 Å². The fourth-order valence-electron chi connectivity index (χ4n) is 2.54. The maximum absolute atomic E-state index is 11.9. The molecule has 110 valence electrons. The number of unbranched alkanes of at least 4 members (excludes halogenated alkanes) is 1. The average molecular weight is 276 g/mol. The summed E-state index contributed by atoms with van der Waals surface area (Å²) < 4.78 is 1.79. The van der Waals surface area contributed by atoms with Gasteiger partial charge in [0, 0.05) is 12.2 Å². The molecule has 0 aliphatic heterocycles. The smallest absolute Gasteiger partial charge is 0.326 e. The highest BCUT2D eigenvalue weighted by atomic mass is 16.1. The number of aryl methyl sites for hydroxylation is 1. The van der Waals surface area contributed by atoms with E-state index in [4.69, 9.17) is 5.73 Å². The second-order valence-corrected chi connectivity index (χ2v) is 5.09. The summed E-state index contributed by atoms with van der Waals surface area (Å²) in [5, 5.41) is 0. The van der Waals surface area contributed by atoms with Crippen molar-refractivity contribution in [2.75, 3.05) is 25.4 Å². The van der Waals surface area contributed by atoms with E-state index in [-0.39, 0.29) is 5.69 Å². The number of nitrogen functional groups attached to an aromatic ring is 1. The van der Waals surface area contributed by atoms with Crippen LogP contribution in [0.1, 0.15) is 26.7 Å². The molecule has 0 aliphatic carbocycles. The third-order valence-electron chi connectivity index (χ3n) is 3.80. The zero-order valence-electron chi connectivity index (χ0n) is 12.4. The van der Waals surface area contributed by atoms with Gasteiger partial charge in [-0.1, -0.05) is 13.8 Å². The fraction of sp³-hybridized carbons (Fsp3) is 0.533. The summed E-state index contributed by atoms with van der Waals surface area (Å²) in [6.45, 7) is 8.35. The Balaban J connectivity index is 2.01. The summed E-state index contributed by atoms with van der Waals surface area (Å²) in [7, 11) is 0. The van der Waals surface area contributed by atoms with Gasteiger partial charge in [0.25, 0.3) is 0 Å². The van der Waals surface area contributed by atoms with Crippen LogP contribution < -0.4 is 11.4 Å². The highest BCUT2D eigenvalue weighted by Crippen LogP contribution is 2.14. The van der Waals surface area contributed by atoms with Crippen LogP contribution in [0.3, 0.4) is 0 Å². The Bertz CT molecular complexity index is 610. The van der Waals surface area contributed by atoms with E-state index < -0.39 is 0 Å². The second-order valence-electron chi connectivity index (χ2n) is 5.09. The first-order chi connectivity index (χ1) is 9.65. The van der Waals surface area contributed by atoms with Crippen LogP contribution in [0.4, 0.5) is 5.69 Å². The van der Waals surface area contributed by atoms with Crippen LogP contribution in [0.25, 0.3) is 11.0 Å². The molecule has 3 N–H and O–H groups in total. The Labute approximate surface area is 119 Å². The van der Waals surface area contributed by atoms with Crippen molar-refractivity contribution in [1.82, 2.24) is 14.5 Å². The number of aromatic nitrogens is 2. The van der Waals surface area contributed by atoms with Crippen molar-refractivity contribution in [3.63, 3.8) is 0 Å². The van der Waals surface area contributed by atoms with Crippen LogP contribution in [0.15, 0.2) is 23.0 Å². The number of rotatable bonds is 7. The second kappa shape index (κ2) is 6.61. The molecule has 5 nitrogen and oxygen atoms in total. The average Bonchev–Trinajstić information content (AvgIpc) is 2.75. The number of nitrogens with zero attached hydrogens (tertiary/aromatic N) is 2. The zero-order valence-corrected chi connectivity index (χ0v) is 12.4. The molecule has 0 atom stereocenters. The molecule has 0 fully saturated rings. The van der Waals surface area contributed by atoms with Crippen LogP contribution in [-0.2, 0) is 6.54 Å². The third kappa shape index (κ3) is 3.22. The molecule has 0 bridgehead atoms. The quantitative estimate of drug-likeness (QED) is 0.600. The van der Waals surface area contributed by atoms with Gasteiger partial charge in [-0.2, -0.15) is 0 Å². The molecule has 2 aromatic rings. The molecule has 1 aromatic heterocycles. The lowest BCUT2D eigenvalue weighted by molar-refractivity contribution is 0.294. The normalized spacial score (nSPS) is 11.6. The first-order valence-electron chi connectivity index (χ1n) is 7.36. The maximum atomic E-state index is 11.9. The van der Waals surface area contributed by atoms with Crippen molar-refractivity contribution in [3.05, 3.63) is 28.7 Å². The summed E-state index contributed by atoms with van der Waals surface area (Å²) in [4.78, 5) is 17.2. The summed E-state index contributed by atoms with van der Waals surface area (Å²) in [5.41, 5.74) is 8.19. The number of hydrogen-bond donors (Lipinski definition) is 2. The van der Waals surface area contributed by atoms with Crippen LogP contribution in [0.2, 0.25) is 0 Å². The van der Waals surface area contributed by atoms with Gasteiger partial charge in [0.05, 0.1) is 11.0 Å². The molecule has 0 spiro atoms. The first kappa shape index (κ1) is 14.7. The maximum Gasteiger partial charge on any atom is 0.326 e. The minimum absolute atomic E-state index is 0.0477. The SMILES string of the molecule is CCN(CC)CCCCn1c(=O)[nH]c2ccc(N)cc21. The molecule has 1 heterocycles. The van der Waals surface area contributed by atoms with Crippen LogP contribution in [-0.4, -0.2) is 34.1 Å². The molecule has 0 saturated heterocycles. The van der Waals surface area contributed by atoms with Crippen LogP contribution in [0, 0.1) is 0 Å². The lowest BCUT2D eigenvalue weighted by atomic mass is 10.2. The van der Waals surface area contributed by atoms with E-state index in [0.29, 0.717) is 5.69 Å². The zero-order chi connectivity index (χ0) is 14.5. The fourth-order valence-corrected chi connectivity index (χ4v) is 2.54. The highest BCUT2D eigenvalue weighted by Gasteiger charge is 2.07. The third-order valence-corrected chi connectivity index (χ3v) is 3.80. The van der Waals surface area contributed by atoms with Gasteiger partial charge in [0.2, 0.25) is 0 Å². The van der Waals surface area contributed by atoms with Gasteiger partial charge < -0.3 is 15.6 Å². The van der Waals surface area contributed by atoms with Crippen LogP contribution in [0.5, 0.6) is 0 Å². The number of aromatic amines is 1. The van der Waals surface area contributed by atoms with Gasteiger partial charge in [-0.3, -0.25) is 4.57 Å². The van der Waals surface area contributed by atoms with E-state index in [9.17, 15) is 4.79 Å². The van der Waals surface area contributed by atoms with Gasteiger partial charge in [-0.25, -0.2) is 4.79 Å². The van der Waals surface area contributed by atoms with Crippen molar-refractivity contribution in [1.29, 1.82) is 0 Å². The Hall–Kier alpha value is -1.75. The summed E-state index contributed by atoms with van der Waals surface area (Å²) in [6, 6.07) is 5.53. The Morgan fingerprint density at radius 1 is 1.25 bits per heavy atom. The predicted molar refractivity (Wildman–Crippen MR) is 84.0 cm³/mol. The van der Waals surface area contributed by atoms with E-state index in [1.807, 2.05) is 18.2 Å². The van der Waals surface area contributed by atoms with Crippen molar-refractivity contribution < 1.29 is 0 Å². The number of nitrogens with two attached hydrogens (primary N) is 1. The summed E-state index contributed by atoms with van der Waals surface area (Å²) in [5.74, 6) is 0. The van der Waals surface area contributed by atoms with Gasteiger partial charge in [0.1, 0.15) is 0 Å². The number of nitrogens with one attached hydrogen (secondary N) is 1. The molecule has 5 heteroatoms. The number of imidazole rings is 1. The van der Waals surface area contributed by atoms with Crippen molar-refractivity contribution >= 4 is 16.7 Å². The molecule has 0 saturated carbocycles. The highest BCUT2D eigenvalue weighted by molar-refractivity contribution is 5.78. The Morgan fingerprint density at radius 2 is 2.00 bits per heavy atom. The minimum atomic E-state index is -0.0477. The van der Waals surface area contributed by atoms with Gasteiger partial charge in [-0.15, -0.1) is 0 Å². The summed E-state index contributed by atoms with van der Waals surface area (Å²) >= 11 is 0. The number of fused-ring (bicyclic) bond motifs is 1. The van der Waals surface area contributed by atoms with Gasteiger partial charge in [0.15, 0.2) is 0 Å². The number of hydrogen-bond acceptors (Lipinski definition) is 3. The molecular weight excluding hydrogens is 252 g/mol. The molecule has 0 aliphatic rings. The molecule has 0 amide bonds. The van der Waals surface area contributed by atoms with E-state index in [1.165, 1.54) is 0 Å². The van der Waals surface area contributed by atoms with Crippen molar-refractivity contribution in [2.45, 2.75) is 33.2 Å². The molecular formula is C15H24N4O. The van der Waals surface area contributed by atoms with Gasteiger partial charge >= 0.3 is 5.69 Å². The predicted octanol–water partition coefficient (Wildman–Crippen LogP) is 2.03. The Morgan fingerprint density at radius 3 is 2.70 bits per heavy atom. The monoisotopic (exact) mass is 276 g/mol. The van der Waals surface area contributed by atoms with Crippen molar-refractivity contribution in [2.24, 2.45) is 0 Å². The van der Waals surface area contributed by atoms with Crippen LogP contribution >= 0.6 is 0 Å². The lowest BCUT2D eigenvalue weighted by Crippen LogP contribution is -2.24. The summed E-state index contributed by atoms with van der Waals surface area (Å²) in [6.07, 6.45) is 2.10. The standard InChI is InChI=1S/C15H24N4O/c1-3-18(4-2)9-5-6-10-19-14-11-12(16)7-8-13(14)17-15(19)20/h7-8,11H,3-6,9-10,16H2,1-2H3,(H,17,20). The number of anilines is 1. The molecule has 1 aromatic carbocycles. The lowest BCUT2D eigenvalue weighted by Gasteiger charge is -2.17. The first-order valence-corrected chi connectivity index (χ1v) is 7.36. The van der Waals surface area contributed by atoms with E-state index in [0.717, 1.165) is 50.1 Å². The van der Waals surface area contributed by atoms with E-state index >= 15 is 0 Å². The van der Waals surface area contributed by atoms with Crippen molar-refractivity contribution in [3.8, 4) is 0 Å². The van der Waals surface area contributed by atoms with E-state index in [1.54, 1.807) is 4.57 Å². The largest absolute Gasteiger partial charge is 0.399 e. The van der Waals surface area contributed by atoms with E-state index in [2.05, 4.69) is 23.7 Å². The Kier molecular flexibility index (Phi) is 4.84. The number of H-pyrrole nitrogens is 1. The number of benzene rings is 1. The molecule has 0 radical (unpaired) electrons. The molecule has 2 rings (SSSR count). The minimum Gasteiger partial charge on any atom is -0.399 e. The van der Waals surface area contributed by atoms with Gasteiger partial charge in [-0.05, 0) is 50.7 Å².